The fourth-order valence-corrected chi connectivity index (χ4v) is 3.80. The summed E-state index contributed by atoms with van der Waals surface area (Å²) in [5.74, 6) is -0.409. The second-order valence-corrected chi connectivity index (χ2v) is 8.02. The summed E-state index contributed by atoms with van der Waals surface area (Å²) in [5, 5.41) is 2.54. The Hall–Kier alpha value is -3.53. The van der Waals surface area contributed by atoms with Crippen molar-refractivity contribution in [3.63, 3.8) is 0 Å². The SMILES string of the molecule is C=CCOC(=O)Nc1c(CCC(=O)OCC)cccc1NS(=O)(=O)c1cccc(N)c1. The molecule has 2 rings (SSSR count). The Bertz CT molecular complexity index is 1050. The fourth-order valence-electron chi connectivity index (χ4n) is 2.67. The van der Waals surface area contributed by atoms with Gasteiger partial charge in [-0.1, -0.05) is 30.9 Å². The lowest BCUT2D eigenvalue weighted by Crippen LogP contribution is -2.19. The number of esters is 1. The molecule has 1 amide bonds. The van der Waals surface area contributed by atoms with Crippen molar-refractivity contribution in [3.05, 3.63) is 60.7 Å². The van der Waals surface area contributed by atoms with Gasteiger partial charge in [0.05, 0.1) is 22.9 Å². The van der Waals surface area contributed by atoms with E-state index >= 15 is 0 Å². The van der Waals surface area contributed by atoms with Gasteiger partial charge in [0.25, 0.3) is 10.0 Å². The molecule has 2 aromatic rings. The summed E-state index contributed by atoms with van der Waals surface area (Å²) in [6, 6.07) is 10.6. The lowest BCUT2D eigenvalue weighted by molar-refractivity contribution is -0.143. The number of benzene rings is 2. The van der Waals surface area contributed by atoms with E-state index < -0.39 is 22.1 Å². The minimum absolute atomic E-state index is 0.0266. The zero-order chi connectivity index (χ0) is 22.9. The van der Waals surface area contributed by atoms with Crippen LogP contribution in [-0.2, 0) is 30.7 Å². The zero-order valence-electron chi connectivity index (χ0n) is 17.1. The van der Waals surface area contributed by atoms with E-state index in [1.54, 1.807) is 25.1 Å². The first kappa shape index (κ1) is 23.7. The van der Waals surface area contributed by atoms with Crippen LogP contribution in [0.4, 0.5) is 21.9 Å². The Balaban J connectivity index is 2.37. The molecule has 0 unspecified atom stereocenters. The van der Waals surface area contributed by atoms with Crippen molar-refractivity contribution >= 4 is 39.1 Å². The van der Waals surface area contributed by atoms with Crippen LogP contribution in [0.3, 0.4) is 0 Å². The smallest absolute Gasteiger partial charge is 0.412 e. The van der Waals surface area contributed by atoms with E-state index in [0.29, 0.717) is 5.56 Å². The molecule has 166 valence electrons. The molecule has 0 spiro atoms. The predicted octanol–water partition coefficient (Wildman–Crippen LogP) is 3.30. The van der Waals surface area contributed by atoms with E-state index in [2.05, 4.69) is 16.6 Å². The fraction of sp³-hybridized carbons (Fsp3) is 0.238. The number of carbonyl (C=O) groups is 2. The molecule has 0 atom stereocenters. The van der Waals surface area contributed by atoms with Crippen LogP contribution in [0.15, 0.2) is 60.0 Å². The summed E-state index contributed by atoms with van der Waals surface area (Å²) in [7, 11) is -4.00. The molecule has 0 heterocycles. The summed E-state index contributed by atoms with van der Waals surface area (Å²) >= 11 is 0. The standard InChI is InChI=1S/C21H25N3O6S/c1-3-13-30-21(26)23-20-15(11-12-19(25)29-4-2)7-5-10-18(20)24-31(27,28)17-9-6-8-16(22)14-17/h3,5-10,14,24H,1,4,11-13,22H2,2H3,(H,23,26). The monoisotopic (exact) mass is 447 g/mol. The number of sulfonamides is 1. The van der Waals surface area contributed by atoms with Gasteiger partial charge in [-0.3, -0.25) is 14.8 Å². The Labute approximate surface area is 181 Å². The average molecular weight is 448 g/mol. The highest BCUT2D eigenvalue weighted by Crippen LogP contribution is 2.30. The lowest BCUT2D eigenvalue weighted by Gasteiger charge is -2.17. The largest absolute Gasteiger partial charge is 0.466 e. The molecule has 0 saturated carbocycles. The quantitative estimate of drug-likeness (QED) is 0.289. The summed E-state index contributed by atoms with van der Waals surface area (Å²) in [4.78, 5) is 23.8. The average Bonchev–Trinajstić information content (AvgIpc) is 2.72. The van der Waals surface area contributed by atoms with Crippen LogP contribution in [0.1, 0.15) is 18.9 Å². The molecule has 2 aromatic carbocycles. The molecule has 31 heavy (non-hydrogen) atoms. The van der Waals surface area contributed by atoms with Gasteiger partial charge in [-0.05, 0) is 43.2 Å². The van der Waals surface area contributed by atoms with E-state index in [9.17, 15) is 18.0 Å². The maximum absolute atomic E-state index is 12.8. The summed E-state index contributed by atoms with van der Waals surface area (Å²) < 4.78 is 38.0. The first-order valence-corrected chi connectivity index (χ1v) is 11.0. The molecule has 0 aliphatic carbocycles. The number of anilines is 3. The topological polar surface area (TPSA) is 137 Å². The molecule has 4 N–H and O–H groups in total. The van der Waals surface area contributed by atoms with Gasteiger partial charge in [-0.2, -0.15) is 0 Å². The molecule has 0 aliphatic rings. The molecular formula is C21H25N3O6S. The number of carbonyl (C=O) groups excluding carboxylic acids is 2. The Morgan fingerprint density at radius 3 is 2.58 bits per heavy atom. The number of ether oxygens (including phenoxy) is 2. The number of nitrogens with one attached hydrogen (secondary N) is 2. The van der Waals surface area contributed by atoms with Crippen LogP contribution >= 0.6 is 0 Å². The van der Waals surface area contributed by atoms with Crippen LogP contribution in [0.2, 0.25) is 0 Å². The summed E-state index contributed by atoms with van der Waals surface area (Å²) in [6.45, 7) is 5.39. The predicted molar refractivity (Wildman–Crippen MR) is 118 cm³/mol. The molecule has 0 aromatic heterocycles. The van der Waals surface area contributed by atoms with E-state index in [4.69, 9.17) is 15.2 Å². The normalized spacial score (nSPS) is 10.7. The molecule has 10 heteroatoms. The number of rotatable bonds is 10. The van der Waals surface area contributed by atoms with Crippen LogP contribution in [0.5, 0.6) is 0 Å². The van der Waals surface area contributed by atoms with Gasteiger partial charge in [-0.25, -0.2) is 13.2 Å². The minimum atomic E-state index is -4.00. The van der Waals surface area contributed by atoms with Crippen LogP contribution in [0.25, 0.3) is 0 Å². The zero-order valence-corrected chi connectivity index (χ0v) is 17.9. The first-order chi connectivity index (χ1) is 14.8. The number of hydrogen-bond donors (Lipinski definition) is 3. The third-order valence-corrected chi connectivity index (χ3v) is 5.39. The van der Waals surface area contributed by atoms with Crippen LogP contribution < -0.4 is 15.8 Å². The molecule has 0 fully saturated rings. The van der Waals surface area contributed by atoms with Crippen molar-refractivity contribution in [2.45, 2.75) is 24.7 Å². The lowest BCUT2D eigenvalue weighted by atomic mass is 10.1. The van der Waals surface area contributed by atoms with E-state index in [1.165, 1.54) is 30.3 Å². The number of aryl methyl sites for hydroxylation is 1. The molecule has 0 radical (unpaired) electrons. The maximum atomic E-state index is 12.8. The molecule has 0 aliphatic heterocycles. The maximum Gasteiger partial charge on any atom is 0.412 e. The number of para-hydroxylation sites is 1. The number of hydrogen-bond acceptors (Lipinski definition) is 7. The van der Waals surface area contributed by atoms with Crippen molar-refractivity contribution < 1.29 is 27.5 Å². The highest BCUT2D eigenvalue weighted by Gasteiger charge is 2.20. The number of nitrogen functional groups attached to an aromatic ring is 1. The minimum Gasteiger partial charge on any atom is -0.466 e. The van der Waals surface area contributed by atoms with Crippen molar-refractivity contribution in [2.24, 2.45) is 0 Å². The van der Waals surface area contributed by atoms with E-state index in [1.807, 2.05) is 0 Å². The van der Waals surface area contributed by atoms with Gasteiger partial charge in [0, 0.05) is 12.1 Å². The van der Waals surface area contributed by atoms with Crippen molar-refractivity contribution in [1.29, 1.82) is 0 Å². The molecule has 0 saturated heterocycles. The van der Waals surface area contributed by atoms with Gasteiger partial charge >= 0.3 is 12.1 Å². The number of nitrogens with two attached hydrogens (primary N) is 1. The summed E-state index contributed by atoms with van der Waals surface area (Å²) in [6.07, 6.45) is 0.864. The van der Waals surface area contributed by atoms with Gasteiger partial charge in [0.2, 0.25) is 0 Å². The van der Waals surface area contributed by atoms with Crippen molar-refractivity contribution in [3.8, 4) is 0 Å². The third kappa shape index (κ3) is 7.03. The van der Waals surface area contributed by atoms with E-state index in [0.717, 1.165) is 0 Å². The van der Waals surface area contributed by atoms with Gasteiger partial charge < -0.3 is 15.2 Å². The van der Waals surface area contributed by atoms with Gasteiger partial charge in [-0.15, -0.1) is 0 Å². The molecule has 9 nitrogen and oxygen atoms in total. The summed E-state index contributed by atoms with van der Waals surface area (Å²) in [5.41, 5.74) is 6.79. The molecular weight excluding hydrogens is 422 g/mol. The van der Waals surface area contributed by atoms with Crippen LogP contribution in [0, 0.1) is 0 Å². The molecule has 0 bridgehead atoms. The number of amides is 1. The van der Waals surface area contributed by atoms with Crippen molar-refractivity contribution in [1.82, 2.24) is 0 Å². The van der Waals surface area contributed by atoms with Gasteiger partial charge in [0.1, 0.15) is 6.61 Å². The van der Waals surface area contributed by atoms with E-state index in [-0.39, 0.29) is 48.0 Å². The third-order valence-electron chi connectivity index (χ3n) is 4.03. The first-order valence-electron chi connectivity index (χ1n) is 9.47. The second-order valence-electron chi connectivity index (χ2n) is 6.33. The highest BCUT2D eigenvalue weighted by atomic mass is 32.2. The Morgan fingerprint density at radius 1 is 1.16 bits per heavy atom. The van der Waals surface area contributed by atoms with Crippen molar-refractivity contribution in [2.75, 3.05) is 29.0 Å². The van der Waals surface area contributed by atoms with Crippen LogP contribution in [-0.4, -0.2) is 33.7 Å². The highest BCUT2D eigenvalue weighted by molar-refractivity contribution is 7.92. The Kier molecular flexibility index (Phi) is 8.44. The Morgan fingerprint density at radius 2 is 1.90 bits per heavy atom. The second kappa shape index (κ2) is 11.0. The van der Waals surface area contributed by atoms with Gasteiger partial charge in [0.15, 0.2) is 0 Å².